The molecule has 0 radical (unpaired) electrons. The number of nitrogens with two attached hydrogens (primary N) is 1. The Morgan fingerprint density at radius 2 is 2.32 bits per heavy atom. The molecular weight excluding hydrogens is 260 g/mol. The zero-order valence-corrected chi connectivity index (χ0v) is 11.4. The molecule has 0 aliphatic rings. The summed E-state index contributed by atoms with van der Waals surface area (Å²) >= 11 is 1.63. The van der Waals surface area contributed by atoms with Gasteiger partial charge in [-0.1, -0.05) is 13.0 Å². The number of hydrazine groups is 1. The van der Waals surface area contributed by atoms with Crippen molar-refractivity contribution in [2.24, 2.45) is 5.84 Å². The van der Waals surface area contributed by atoms with E-state index >= 15 is 0 Å². The van der Waals surface area contributed by atoms with Crippen molar-refractivity contribution in [3.63, 3.8) is 0 Å². The first-order valence-electron chi connectivity index (χ1n) is 6.02. The van der Waals surface area contributed by atoms with E-state index in [2.05, 4.69) is 15.7 Å². The summed E-state index contributed by atoms with van der Waals surface area (Å²) in [5, 5.41) is 5.00. The average molecular weight is 276 g/mol. The van der Waals surface area contributed by atoms with Crippen molar-refractivity contribution in [1.29, 1.82) is 0 Å². The Bertz CT molecular complexity index is 541. The molecule has 100 valence electrons. The number of thiophene rings is 1. The summed E-state index contributed by atoms with van der Waals surface area (Å²) in [7, 11) is 0. The van der Waals surface area contributed by atoms with Crippen molar-refractivity contribution in [3.05, 3.63) is 46.3 Å². The van der Waals surface area contributed by atoms with Crippen LogP contribution >= 0.6 is 11.3 Å². The highest BCUT2D eigenvalue weighted by atomic mass is 32.1. The third-order valence-electron chi connectivity index (χ3n) is 2.79. The van der Waals surface area contributed by atoms with Crippen LogP contribution in [0.3, 0.4) is 0 Å². The van der Waals surface area contributed by atoms with Gasteiger partial charge in [0.1, 0.15) is 0 Å². The molecular formula is C13H16N4OS. The largest absolute Gasteiger partial charge is 0.344 e. The van der Waals surface area contributed by atoms with E-state index in [9.17, 15) is 4.79 Å². The highest BCUT2D eigenvalue weighted by Crippen LogP contribution is 2.22. The number of hydrogen-bond acceptors (Lipinski definition) is 5. The zero-order chi connectivity index (χ0) is 13.7. The predicted molar refractivity (Wildman–Crippen MR) is 76.9 cm³/mol. The van der Waals surface area contributed by atoms with Gasteiger partial charge in [0.2, 0.25) is 0 Å². The van der Waals surface area contributed by atoms with Crippen LogP contribution in [0.25, 0.3) is 0 Å². The number of hydrogen-bond donors (Lipinski definition) is 3. The van der Waals surface area contributed by atoms with E-state index in [1.54, 1.807) is 29.7 Å². The van der Waals surface area contributed by atoms with Crippen LogP contribution in [0.5, 0.6) is 0 Å². The molecule has 2 rings (SSSR count). The van der Waals surface area contributed by atoms with Crippen molar-refractivity contribution >= 4 is 23.1 Å². The molecule has 0 spiro atoms. The molecule has 2 aromatic rings. The zero-order valence-electron chi connectivity index (χ0n) is 10.6. The molecule has 1 amide bonds. The van der Waals surface area contributed by atoms with Crippen molar-refractivity contribution < 1.29 is 4.79 Å². The van der Waals surface area contributed by atoms with Gasteiger partial charge in [-0.15, -0.1) is 11.3 Å². The summed E-state index contributed by atoms with van der Waals surface area (Å²) in [6.45, 7) is 2.04. The van der Waals surface area contributed by atoms with Crippen LogP contribution in [0.4, 0.5) is 5.82 Å². The molecule has 5 nitrogen and oxygen atoms in total. The fraction of sp³-hybridized carbons (Fsp3) is 0.231. The lowest BCUT2D eigenvalue weighted by atomic mass is 10.1. The highest BCUT2D eigenvalue weighted by Gasteiger charge is 2.17. The normalized spacial score (nSPS) is 11.9. The highest BCUT2D eigenvalue weighted by molar-refractivity contribution is 7.10. The Hall–Kier alpha value is -1.92. The van der Waals surface area contributed by atoms with Gasteiger partial charge >= 0.3 is 0 Å². The molecule has 0 aliphatic heterocycles. The van der Waals surface area contributed by atoms with E-state index < -0.39 is 0 Å². The van der Waals surface area contributed by atoms with E-state index in [0.29, 0.717) is 11.4 Å². The minimum atomic E-state index is -0.179. The van der Waals surface area contributed by atoms with Gasteiger partial charge in [-0.3, -0.25) is 4.79 Å². The molecule has 1 unspecified atom stereocenters. The van der Waals surface area contributed by atoms with Crippen molar-refractivity contribution in [1.82, 2.24) is 10.3 Å². The first-order valence-corrected chi connectivity index (χ1v) is 6.90. The maximum Gasteiger partial charge on any atom is 0.255 e. The first kappa shape index (κ1) is 13.5. The van der Waals surface area contributed by atoms with Gasteiger partial charge in [-0.2, -0.15) is 0 Å². The molecule has 2 heterocycles. The van der Waals surface area contributed by atoms with Crippen LogP contribution in [0, 0.1) is 0 Å². The van der Waals surface area contributed by atoms with Crippen LogP contribution in [0.15, 0.2) is 35.8 Å². The summed E-state index contributed by atoms with van der Waals surface area (Å²) in [5.41, 5.74) is 2.88. The maximum absolute atomic E-state index is 12.2. The lowest BCUT2D eigenvalue weighted by Gasteiger charge is -2.16. The van der Waals surface area contributed by atoms with E-state index in [-0.39, 0.29) is 11.9 Å². The van der Waals surface area contributed by atoms with Gasteiger partial charge in [0, 0.05) is 11.1 Å². The van der Waals surface area contributed by atoms with Crippen molar-refractivity contribution in [3.8, 4) is 0 Å². The van der Waals surface area contributed by atoms with Gasteiger partial charge < -0.3 is 10.7 Å². The SMILES string of the molecule is CCC(NC(=O)c1cccnc1NN)c1cccs1. The first-order chi connectivity index (χ1) is 9.26. The quantitative estimate of drug-likeness (QED) is 0.578. The van der Waals surface area contributed by atoms with E-state index in [0.717, 1.165) is 11.3 Å². The number of nitrogens with zero attached hydrogens (tertiary/aromatic N) is 1. The van der Waals surface area contributed by atoms with Gasteiger partial charge in [0.15, 0.2) is 5.82 Å². The Kier molecular flexibility index (Phi) is 4.48. The maximum atomic E-state index is 12.2. The molecule has 1 atom stereocenters. The fourth-order valence-corrected chi connectivity index (χ4v) is 2.66. The lowest BCUT2D eigenvalue weighted by Crippen LogP contribution is -2.29. The second-order valence-corrected chi connectivity index (χ2v) is 4.97. The summed E-state index contributed by atoms with van der Waals surface area (Å²) < 4.78 is 0. The van der Waals surface area contributed by atoms with Crippen LogP contribution in [-0.4, -0.2) is 10.9 Å². The summed E-state index contributed by atoms with van der Waals surface area (Å²) in [6, 6.07) is 7.41. The summed E-state index contributed by atoms with van der Waals surface area (Å²) in [4.78, 5) is 17.4. The van der Waals surface area contributed by atoms with Crippen molar-refractivity contribution in [2.45, 2.75) is 19.4 Å². The van der Waals surface area contributed by atoms with Crippen molar-refractivity contribution in [2.75, 3.05) is 5.43 Å². The third-order valence-corrected chi connectivity index (χ3v) is 3.78. The van der Waals surface area contributed by atoms with Gasteiger partial charge in [-0.05, 0) is 30.0 Å². The van der Waals surface area contributed by atoms with Gasteiger partial charge in [-0.25, -0.2) is 10.8 Å². The number of nitrogen functional groups attached to an aromatic ring is 1. The minimum Gasteiger partial charge on any atom is -0.344 e. The number of amides is 1. The summed E-state index contributed by atoms with van der Waals surface area (Å²) in [5.74, 6) is 5.55. The molecule has 2 aromatic heterocycles. The number of carbonyl (C=O) groups is 1. The number of anilines is 1. The molecule has 0 saturated heterocycles. The standard InChI is InChI=1S/C13H16N4OS/c1-2-10(11-6-4-8-19-11)16-13(18)9-5-3-7-15-12(9)17-14/h3-8,10H,2,14H2,1H3,(H,15,17)(H,16,18). The number of nitrogens with one attached hydrogen (secondary N) is 2. The lowest BCUT2D eigenvalue weighted by molar-refractivity contribution is 0.0937. The monoisotopic (exact) mass is 276 g/mol. The fourth-order valence-electron chi connectivity index (χ4n) is 1.80. The Morgan fingerprint density at radius 1 is 1.47 bits per heavy atom. The molecule has 0 fully saturated rings. The Morgan fingerprint density at radius 3 is 2.95 bits per heavy atom. The number of pyridine rings is 1. The smallest absolute Gasteiger partial charge is 0.255 e. The molecule has 0 saturated carbocycles. The number of carbonyl (C=O) groups excluding carboxylic acids is 1. The van der Waals surface area contributed by atoms with Crippen LogP contribution in [0.2, 0.25) is 0 Å². The summed E-state index contributed by atoms with van der Waals surface area (Å²) in [6.07, 6.45) is 2.42. The Balaban J connectivity index is 2.16. The molecule has 0 aromatic carbocycles. The molecule has 19 heavy (non-hydrogen) atoms. The van der Waals surface area contributed by atoms with Gasteiger partial charge in [0.05, 0.1) is 11.6 Å². The minimum absolute atomic E-state index is 0.0123. The molecule has 0 aliphatic carbocycles. The third kappa shape index (κ3) is 3.10. The van der Waals surface area contributed by atoms with E-state index in [1.807, 2.05) is 24.4 Å². The number of aromatic nitrogens is 1. The topological polar surface area (TPSA) is 80.0 Å². The van der Waals surface area contributed by atoms with Crippen LogP contribution in [-0.2, 0) is 0 Å². The second-order valence-electron chi connectivity index (χ2n) is 3.99. The van der Waals surface area contributed by atoms with Crippen LogP contribution in [0.1, 0.15) is 34.6 Å². The van der Waals surface area contributed by atoms with Gasteiger partial charge in [0.25, 0.3) is 5.91 Å². The average Bonchev–Trinajstić information content (AvgIpc) is 2.98. The molecule has 6 heteroatoms. The van der Waals surface area contributed by atoms with Crippen LogP contribution < -0.4 is 16.6 Å². The van der Waals surface area contributed by atoms with E-state index in [4.69, 9.17) is 5.84 Å². The predicted octanol–water partition coefficient (Wildman–Crippen LogP) is 2.31. The second kappa shape index (κ2) is 6.31. The molecule has 0 bridgehead atoms. The Labute approximate surface area is 115 Å². The van der Waals surface area contributed by atoms with E-state index in [1.165, 1.54) is 0 Å². The molecule has 4 N–H and O–H groups in total. The number of rotatable bonds is 5.